The summed E-state index contributed by atoms with van der Waals surface area (Å²) in [6.45, 7) is 6.45. The van der Waals surface area contributed by atoms with Gasteiger partial charge in [0.25, 0.3) is 5.56 Å². The number of rotatable bonds is 3. The first-order valence-electron chi connectivity index (χ1n) is 7.04. The first-order valence-corrected chi connectivity index (χ1v) is 7.04. The van der Waals surface area contributed by atoms with Gasteiger partial charge < -0.3 is 0 Å². The molecule has 4 rings (SSSR count). The highest BCUT2D eigenvalue weighted by Crippen LogP contribution is 2.58. The van der Waals surface area contributed by atoms with Gasteiger partial charge in [0, 0.05) is 11.8 Å². The minimum Gasteiger partial charge on any atom is -0.291 e. The Labute approximate surface area is 118 Å². The molecule has 3 aliphatic rings. The van der Waals surface area contributed by atoms with Gasteiger partial charge in [-0.2, -0.15) is 5.10 Å². The number of fused-ring (bicyclic) bond motifs is 1. The molecule has 0 spiro atoms. The average Bonchev–Trinajstić information content (AvgIpc) is 2.37. The Morgan fingerprint density at radius 2 is 2.35 bits per heavy atom. The van der Waals surface area contributed by atoms with E-state index in [0.717, 1.165) is 12.3 Å². The maximum Gasteiger partial charge on any atom is 0.252 e. The number of anilines is 1. The third-order valence-electron chi connectivity index (χ3n) is 4.76. The van der Waals surface area contributed by atoms with E-state index >= 15 is 0 Å². The van der Waals surface area contributed by atoms with Crippen LogP contribution in [0.15, 0.2) is 27.6 Å². The molecular formula is C15H20N4O. The SMILES string of the molecule is Cc1cc(=O)[nH]c(N/N=C\C2=CC[C@H]3C[C@H]2C3(C)C)n1. The van der Waals surface area contributed by atoms with Gasteiger partial charge in [-0.1, -0.05) is 19.9 Å². The van der Waals surface area contributed by atoms with Crippen LogP contribution in [0.1, 0.15) is 32.4 Å². The summed E-state index contributed by atoms with van der Waals surface area (Å²) in [5, 5.41) is 4.21. The summed E-state index contributed by atoms with van der Waals surface area (Å²) in [6, 6.07) is 1.45. The van der Waals surface area contributed by atoms with Crippen molar-refractivity contribution in [1.82, 2.24) is 9.97 Å². The van der Waals surface area contributed by atoms with Crippen molar-refractivity contribution in [2.75, 3.05) is 5.43 Å². The van der Waals surface area contributed by atoms with Gasteiger partial charge in [-0.15, -0.1) is 0 Å². The minimum absolute atomic E-state index is 0.171. The molecule has 0 saturated heterocycles. The smallest absolute Gasteiger partial charge is 0.252 e. The van der Waals surface area contributed by atoms with Crippen LogP contribution in [0.2, 0.25) is 0 Å². The lowest BCUT2D eigenvalue weighted by molar-refractivity contribution is -0.00124. The van der Waals surface area contributed by atoms with Crippen LogP contribution in [0.3, 0.4) is 0 Å². The van der Waals surface area contributed by atoms with Crippen molar-refractivity contribution in [2.24, 2.45) is 22.4 Å². The normalized spacial score (nSPS) is 27.1. The Balaban J connectivity index is 1.69. The highest BCUT2D eigenvalue weighted by Gasteiger charge is 2.50. The number of hydrogen-bond acceptors (Lipinski definition) is 4. The third kappa shape index (κ3) is 2.17. The fraction of sp³-hybridized carbons (Fsp3) is 0.533. The Hall–Kier alpha value is -1.91. The molecule has 106 valence electrons. The second kappa shape index (κ2) is 4.58. The van der Waals surface area contributed by atoms with E-state index in [0.29, 0.717) is 23.0 Å². The maximum atomic E-state index is 11.3. The molecule has 0 aromatic carbocycles. The summed E-state index contributed by atoms with van der Waals surface area (Å²) >= 11 is 0. The Kier molecular flexibility index (Phi) is 3.00. The summed E-state index contributed by atoms with van der Waals surface area (Å²) in [6.07, 6.45) is 6.56. The molecule has 1 aromatic heterocycles. The standard InChI is InChI=1S/C15H20N4O/c1-9-6-13(20)18-14(17-9)19-16-8-10-4-5-11-7-12(10)15(11,2)3/h4,6,8,11-12H,5,7H2,1-3H3,(H2,17,18,19,20)/b16-8-/t11-,12+/m0/s1. The van der Waals surface area contributed by atoms with Crippen molar-refractivity contribution in [3.8, 4) is 0 Å². The number of aryl methyl sites for hydroxylation is 1. The molecule has 5 heteroatoms. The molecule has 3 aliphatic carbocycles. The number of aromatic amines is 1. The number of nitrogens with zero attached hydrogens (tertiary/aromatic N) is 2. The summed E-state index contributed by atoms with van der Waals surface area (Å²) in [5.74, 6) is 1.82. The maximum absolute atomic E-state index is 11.3. The van der Waals surface area contributed by atoms with Crippen LogP contribution in [-0.4, -0.2) is 16.2 Å². The molecule has 0 amide bonds. The molecule has 2 N–H and O–H groups in total. The van der Waals surface area contributed by atoms with E-state index in [4.69, 9.17) is 0 Å². The van der Waals surface area contributed by atoms with Crippen molar-refractivity contribution in [2.45, 2.75) is 33.6 Å². The predicted molar refractivity (Wildman–Crippen MR) is 79.8 cm³/mol. The zero-order valence-electron chi connectivity index (χ0n) is 12.1. The molecule has 1 saturated carbocycles. The summed E-state index contributed by atoms with van der Waals surface area (Å²) < 4.78 is 0. The molecule has 1 fully saturated rings. The van der Waals surface area contributed by atoms with E-state index in [1.54, 1.807) is 6.92 Å². The zero-order valence-corrected chi connectivity index (χ0v) is 12.1. The quantitative estimate of drug-likeness (QED) is 0.656. The Morgan fingerprint density at radius 1 is 1.55 bits per heavy atom. The van der Waals surface area contributed by atoms with Gasteiger partial charge in [0.2, 0.25) is 5.95 Å². The van der Waals surface area contributed by atoms with Crippen LogP contribution in [-0.2, 0) is 0 Å². The Bertz CT molecular complexity index is 642. The molecule has 1 heterocycles. The van der Waals surface area contributed by atoms with E-state index in [9.17, 15) is 4.79 Å². The number of H-pyrrole nitrogens is 1. The second-order valence-corrected chi connectivity index (χ2v) is 6.35. The number of hydrazone groups is 1. The Morgan fingerprint density at radius 3 is 3.00 bits per heavy atom. The lowest BCUT2D eigenvalue weighted by Crippen LogP contribution is -2.48. The molecule has 0 aliphatic heterocycles. The van der Waals surface area contributed by atoms with E-state index in [-0.39, 0.29) is 5.56 Å². The van der Waals surface area contributed by atoms with E-state index < -0.39 is 0 Å². The lowest BCUT2D eigenvalue weighted by Gasteiger charge is -2.55. The van der Waals surface area contributed by atoms with Crippen LogP contribution >= 0.6 is 0 Å². The molecule has 1 aromatic rings. The van der Waals surface area contributed by atoms with Crippen LogP contribution in [0.4, 0.5) is 5.95 Å². The van der Waals surface area contributed by atoms with Crippen LogP contribution in [0.5, 0.6) is 0 Å². The van der Waals surface area contributed by atoms with Crippen LogP contribution in [0.25, 0.3) is 0 Å². The summed E-state index contributed by atoms with van der Waals surface area (Å²) in [7, 11) is 0. The lowest BCUT2D eigenvalue weighted by atomic mass is 9.49. The summed E-state index contributed by atoms with van der Waals surface area (Å²) in [5.41, 5.74) is 4.99. The molecule has 5 nitrogen and oxygen atoms in total. The highest BCUT2D eigenvalue weighted by atomic mass is 16.1. The monoisotopic (exact) mass is 272 g/mol. The van der Waals surface area contributed by atoms with Crippen molar-refractivity contribution in [3.05, 3.63) is 33.8 Å². The first-order chi connectivity index (χ1) is 9.46. The van der Waals surface area contributed by atoms with Gasteiger partial charge in [-0.05, 0) is 42.6 Å². The second-order valence-electron chi connectivity index (χ2n) is 6.35. The summed E-state index contributed by atoms with van der Waals surface area (Å²) in [4.78, 5) is 18.1. The molecular weight excluding hydrogens is 252 g/mol. The fourth-order valence-electron chi connectivity index (χ4n) is 3.34. The number of hydrogen-bond donors (Lipinski definition) is 2. The number of nitrogens with one attached hydrogen (secondary N) is 2. The number of aromatic nitrogens is 2. The zero-order chi connectivity index (χ0) is 14.3. The average molecular weight is 272 g/mol. The van der Waals surface area contributed by atoms with Gasteiger partial charge in [-0.3, -0.25) is 9.78 Å². The van der Waals surface area contributed by atoms with Crippen LogP contribution in [0, 0.1) is 24.2 Å². The van der Waals surface area contributed by atoms with Gasteiger partial charge in [-0.25, -0.2) is 10.4 Å². The van der Waals surface area contributed by atoms with Crippen molar-refractivity contribution in [3.63, 3.8) is 0 Å². The predicted octanol–water partition coefficient (Wildman–Crippen LogP) is 2.47. The fourth-order valence-corrected chi connectivity index (χ4v) is 3.34. The molecule has 0 unspecified atom stereocenters. The van der Waals surface area contributed by atoms with Crippen molar-refractivity contribution >= 4 is 12.2 Å². The van der Waals surface area contributed by atoms with E-state index in [1.807, 2.05) is 6.21 Å². The number of allylic oxidation sites excluding steroid dienone is 2. The van der Waals surface area contributed by atoms with Crippen molar-refractivity contribution < 1.29 is 0 Å². The van der Waals surface area contributed by atoms with Crippen molar-refractivity contribution in [1.29, 1.82) is 0 Å². The van der Waals surface area contributed by atoms with Gasteiger partial charge in [0.15, 0.2) is 0 Å². The van der Waals surface area contributed by atoms with E-state index in [2.05, 4.69) is 40.4 Å². The largest absolute Gasteiger partial charge is 0.291 e. The molecule has 2 bridgehead atoms. The van der Waals surface area contributed by atoms with Gasteiger partial charge in [0.05, 0.1) is 6.21 Å². The third-order valence-corrected chi connectivity index (χ3v) is 4.76. The molecule has 0 radical (unpaired) electrons. The highest BCUT2D eigenvalue weighted by molar-refractivity contribution is 5.81. The molecule has 2 atom stereocenters. The minimum atomic E-state index is -0.171. The van der Waals surface area contributed by atoms with Gasteiger partial charge in [0.1, 0.15) is 0 Å². The van der Waals surface area contributed by atoms with E-state index in [1.165, 1.54) is 18.1 Å². The van der Waals surface area contributed by atoms with Crippen LogP contribution < -0.4 is 11.0 Å². The molecule has 20 heavy (non-hydrogen) atoms. The first kappa shape index (κ1) is 13.1. The topological polar surface area (TPSA) is 70.1 Å². The van der Waals surface area contributed by atoms with Gasteiger partial charge >= 0.3 is 0 Å².